The molecule has 0 aliphatic rings. The Hall–Kier alpha value is -0.420. The summed E-state index contributed by atoms with van der Waals surface area (Å²) in [7, 11) is 0. The standard InChI is InChI=1S/C13H23NO2S/c1-4-15-13(16-5-2)8-9-14-11(3)12-7-6-10-17-12/h6-7,10-11,13-14H,4-5,8-9H2,1-3H3/t11-/m0/s1. The summed E-state index contributed by atoms with van der Waals surface area (Å²) in [6.07, 6.45) is 0.810. The first-order chi connectivity index (χ1) is 8.27. The second kappa shape index (κ2) is 8.64. The minimum Gasteiger partial charge on any atom is -0.353 e. The van der Waals surface area contributed by atoms with Gasteiger partial charge in [0.05, 0.1) is 0 Å². The first-order valence-electron chi connectivity index (χ1n) is 6.27. The van der Waals surface area contributed by atoms with Crippen molar-refractivity contribution in [3.05, 3.63) is 22.4 Å². The number of hydrogen-bond donors (Lipinski definition) is 1. The Morgan fingerprint density at radius 3 is 2.53 bits per heavy atom. The molecular formula is C13H23NO2S. The number of thiophene rings is 1. The van der Waals surface area contributed by atoms with E-state index in [0.29, 0.717) is 19.3 Å². The smallest absolute Gasteiger partial charge is 0.158 e. The Balaban J connectivity index is 2.21. The summed E-state index contributed by atoms with van der Waals surface area (Å²) in [6, 6.07) is 4.64. The maximum atomic E-state index is 5.50. The zero-order chi connectivity index (χ0) is 12.5. The predicted octanol–water partition coefficient (Wildman–Crippen LogP) is 3.19. The van der Waals surface area contributed by atoms with Crippen LogP contribution in [0.1, 0.15) is 38.1 Å². The molecule has 0 aromatic carbocycles. The van der Waals surface area contributed by atoms with Crippen molar-refractivity contribution in [1.29, 1.82) is 0 Å². The van der Waals surface area contributed by atoms with Crippen molar-refractivity contribution < 1.29 is 9.47 Å². The second-order valence-corrected chi connectivity index (χ2v) is 4.80. The van der Waals surface area contributed by atoms with Crippen molar-refractivity contribution >= 4 is 11.3 Å². The van der Waals surface area contributed by atoms with E-state index in [1.54, 1.807) is 11.3 Å². The van der Waals surface area contributed by atoms with Crippen LogP contribution in [0.25, 0.3) is 0 Å². The molecule has 3 nitrogen and oxygen atoms in total. The SMILES string of the molecule is CCOC(CCN[C@@H](C)c1cccs1)OCC. The highest BCUT2D eigenvalue weighted by Gasteiger charge is 2.09. The lowest BCUT2D eigenvalue weighted by molar-refractivity contribution is -0.138. The monoisotopic (exact) mass is 257 g/mol. The molecule has 0 saturated heterocycles. The van der Waals surface area contributed by atoms with Crippen molar-refractivity contribution in [3.8, 4) is 0 Å². The third-order valence-electron chi connectivity index (χ3n) is 2.51. The van der Waals surface area contributed by atoms with E-state index in [9.17, 15) is 0 Å². The Morgan fingerprint density at radius 1 is 1.29 bits per heavy atom. The highest BCUT2D eigenvalue weighted by atomic mass is 32.1. The molecule has 1 rings (SSSR count). The maximum absolute atomic E-state index is 5.50. The molecule has 1 heterocycles. The molecule has 1 aromatic heterocycles. The highest BCUT2D eigenvalue weighted by molar-refractivity contribution is 7.10. The van der Waals surface area contributed by atoms with Gasteiger partial charge in [-0.15, -0.1) is 11.3 Å². The molecule has 17 heavy (non-hydrogen) atoms. The van der Waals surface area contributed by atoms with E-state index in [4.69, 9.17) is 9.47 Å². The first kappa shape index (κ1) is 14.6. The maximum Gasteiger partial charge on any atom is 0.158 e. The fraction of sp³-hybridized carbons (Fsp3) is 0.692. The molecule has 0 spiro atoms. The van der Waals surface area contributed by atoms with E-state index in [-0.39, 0.29) is 6.29 Å². The molecule has 1 N–H and O–H groups in total. The Labute approximate surface area is 108 Å². The largest absolute Gasteiger partial charge is 0.353 e. The van der Waals surface area contributed by atoms with Crippen molar-refractivity contribution in [2.75, 3.05) is 19.8 Å². The lowest BCUT2D eigenvalue weighted by Gasteiger charge is -2.18. The van der Waals surface area contributed by atoms with Gasteiger partial charge in [0.25, 0.3) is 0 Å². The normalized spacial score (nSPS) is 13.2. The van der Waals surface area contributed by atoms with Gasteiger partial charge in [-0.2, -0.15) is 0 Å². The van der Waals surface area contributed by atoms with E-state index < -0.39 is 0 Å². The van der Waals surface area contributed by atoms with Crippen LogP contribution < -0.4 is 5.32 Å². The lowest BCUT2D eigenvalue weighted by Crippen LogP contribution is -2.26. The average Bonchev–Trinajstić information content (AvgIpc) is 2.83. The number of hydrogen-bond acceptors (Lipinski definition) is 4. The number of rotatable bonds is 9. The van der Waals surface area contributed by atoms with Gasteiger partial charge in [-0.1, -0.05) is 6.07 Å². The van der Waals surface area contributed by atoms with E-state index in [2.05, 4.69) is 29.8 Å². The number of nitrogens with one attached hydrogen (secondary N) is 1. The van der Waals surface area contributed by atoms with Crippen LogP contribution in [-0.4, -0.2) is 26.0 Å². The van der Waals surface area contributed by atoms with Crippen molar-refractivity contribution in [2.45, 2.75) is 39.5 Å². The van der Waals surface area contributed by atoms with E-state index in [1.807, 2.05) is 13.8 Å². The fourth-order valence-corrected chi connectivity index (χ4v) is 2.40. The molecule has 0 aliphatic carbocycles. The Kier molecular flexibility index (Phi) is 7.44. The third-order valence-corrected chi connectivity index (χ3v) is 3.56. The molecule has 98 valence electrons. The molecular weight excluding hydrogens is 234 g/mol. The van der Waals surface area contributed by atoms with Crippen molar-refractivity contribution in [2.24, 2.45) is 0 Å². The van der Waals surface area contributed by atoms with Gasteiger partial charge in [0.2, 0.25) is 0 Å². The van der Waals surface area contributed by atoms with Gasteiger partial charge < -0.3 is 14.8 Å². The Morgan fingerprint density at radius 2 is 2.00 bits per heavy atom. The molecule has 0 radical (unpaired) electrons. The summed E-state index contributed by atoms with van der Waals surface area (Å²) in [6.45, 7) is 8.48. The number of ether oxygens (including phenoxy) is 2. The van der Waals surface area contributed by atoms with Crippen LogP contribution in [0.5, 0.6) is 0 Å². The molecule has 0 aliphatic heterocycles. The van der Waals surface area contributed by atoms with Crippen LogP contribution >= 0.6 is 11.3 Å². The summed E-state index contributed by atoms with van der Waals surface area (Å²) in [5.74, 6) is 0. The summed E-state index contributed by atoms with van der Waals surface area (Å²) in [4.78, 5) is 1.37. The zero-order valence-corrected chi connectivity index (χ0v) is 11.8. The fourth-order valence-electron chi connectivity index (χ4n) is 1.64. The summed E-state index contributed by atoms with van der Waals surface area (Å²) >= 11 is 1.79. The predicted molar refractivity (Wildman–Crippen MR) is 72.4 cm³/mol. The molecule has 0 fully saturated rings. The first-order valence-corrected chi connectivity index (χ1v) is 7.15. The highest BCUT2D eigenvalue weighted by Crippen LogP contribution is 2.17. The average molecular weight is 257 g/mol. The quantitative estimate of drug-likeness (QED) is 0.689. The molecule has 0 saturated carbocycles. The molecule has 4 heteroatoms. The minimum atomic E-state index is -0.0759. The van der Waals surface area contributed by atoms with Crippen LogP contribution in [-0.2, 0) is 9.47 Å². The molecule has 0 amide bonds. The van der Waals surface area contributed by atoms with Gasteiger partial charge in [-0.3, -0.25) is 0 Å². The topological polar surface area (TPSA) is 30.5 Å². The van der Waals surface area contributed by atoms with E-state index in [0.717, 1.165) is 13.0 Å². The Bertz CT molecular complexity index is 271. The van der Waals surface area contributed by atoms with Gasteiger partial charge in [0.15, 0.2) is 6.29 Å². The van der Waals surface area contributed by atoms with Gasteiger partial charge in [-0.05, 0) is 32.2 Å². The van der Waals surface area contributed by atoms with Crippen LogP contribution in [0.4, 0.5) is 0 Å². The molecule has 0 unspecified atom stereocenters. The van der Waals surface area contributed by atoms with E-state index >= 15 is 0 Å². The summed E-state index contributed by atoms with van der Waals surface area (Å²) in [5, 5.41) is 5.59. The van der Waals surface area contributed by atoms with Crippen molar-refractivity contribution in [1.82, 2.24) is 5.32 Å². The molecule has 0 bridgehead atoms. The molecule has 1 atom stereocenters. The van der Waals surface area contributed by atoms with Gasteiger partial charge in [0, 0.05) is 37.1 Å². The lowest BCUT2D eigenvalue weighted by atomic mass is 10.2. The summed E-state index contributed by atoms with van der Waals surface area (Å²) < 4.78 is 11.0. The third kappa shape index (κ3) is 5.64. The second-order valence-electron chi connectivity index (χ2n) is 3.82. The van der Waals surface area contributed by atoms with Crippen molar-refractivity contribution in [3.63, 3.8) is 0 Å². The summed E-state index contributed by atoms with van der Waals surface area (Å²) in [5.41, 5.74) is 0. The van der Waals surface area contributed by atoms with E-state index in [1.165, 1.54) is 4.88 Å². The van der Waals surface area contributed by atoms with Crippen LogP contribution in [0.2, 0.25) is 0 Å². The van der Waals surface area contributed by atoms with Gasteiger partial charge >= 0.3 is 0 Å². The van der Waals surface area contributed by atoms with Crippen LogP contribution in [0.15, 0.2) is 17.5 Å². The van der Waals surface area contributed by atoms with Crippen LogP contribution in [0.3, 0.4) is 0 Å². The van der Waals surface area contributed by atoms with Crippen LogP contribution in [0, 0.1) is 0 Å². The molecule has 1 aromatic rings. The minimum absolute atomic E-state index is 0.0759. The zero-order valence-electron chi connectivity index (χ0n) is 10.9. The van der Waals surface area contributed by atoms with Gasteiger partial charge in [-0.25, -0.2) is 0 Å². The van der Waals surface area contributed by atoms with Gasteiger partial charge in [0.1, 0.15) is 0 Å².